The largest absolute Gasteiger partial charge is 0.490 e. The molecule has 0 bridgehead atoms. The number of carbonyl (C=O) groups excluding carboxylic acids is 1. The van der Waals surface area contributed by atoms with Crippen LogP contribution in [0.5, 0.6) is 11.5 Å². The normalized spacial score (nSPS) is 13.9. The summed E-state index contributed by atoms with van der Waals surface area (Å²) in [6.45, 7) is 1.05. The molecule has 1 aliphatic rings. The Balaban J connectivity index is 1.89. The van der Waals surface area contributed by atoms with Crippen molar-refractivity contribution >= 4 is 33.0 Å². The highest BCUT2D eigenvalue weighted by molar-refractivity contribution is 7.93. The van der Waals surface area contributed by atoms with Gasteiger partial charge < -0.3 is 14.2 Å². The summed E-state index contributed by atoms with van der Waals surface area (Å²) in [5.74, 6) is 0.358. The lowest BCUT2D eigenvalue weighted by Crippen LogP contribution is -2.15. The van der Waals surface area contributed by atoms with Crippen LogP contribution < -0.4 is 14.2 Å². The minimum Gasteiger partial charge on any atom is -0.490 e. The minimum absolute atomic E-state index is 0.0272. The minimum atomic E-state index is -3.93. The van der Waals surface area contributed by atoms with Crippen molar-refractivity contribution in [1.82, 2.24) is 0 Å². The summed E-state index contributed by atoms with van der Waals surface area (Å²) in [6, 6.07) is 6.15. The quantitative estimate of drug-likeness (QED) is 0.833. The van der Waals surface area contributed by atoms with Crippen LogP contribution in [0, 0.1) is 0 Å². The average molecular weight is 369 g/mol. The first-order valence-corrected chi connectivity index (χ1v) is 9.46. The number of hydrogen-bond donors (Lipinski definition) is 1. The van der Waals surface area contributed by atoms with E-state index >= 15 is 0 Å². The first-order valence-electron chi connectivity index (χ1n) is 7.09. The standard InChI is InChI=1S/C15H15NO6S2/c1-20-15(17)14-13(5-8-23-14)24(18,19)16-10-3-4-11-12(9-10)22-7-2-6-21-11/h3-5,8-9,16H,2,6-7H2,1H3. The smallest absolute Gasteiger partial charge is 0.349 e. The Kier molecular flexibility index (Phi) is 4.63. The summed E-state index contributed by atoms with van der Waals surface area (Å²) in [7, 11) is -2.72. The van der Waals surface area contributed by atoms with Crippen LogP contribution in [0.3, 0.4) is 0 Å². The van der Waals surface area contributed by atoms with Gasteiger partial charge in [-0.15, -0.1) is 11.3 Å². The molecule has 2 aromatic rings. The molecule has 1 aliphatic heterocycles. The van der Waals surface area contributed by atoms with Crippen LogP contribution in [-0.2, 0) is 14.8 Å². The van der Waals surface area contributed by atoms with E-state index in [1.807, 2.05) is 0 Å². The molecule has 3 rings (SSSR count). The summed E-state index contributed by atoms with van der Waals surface area (Å²) in [5, 5.41) is 1.52. The zero-order valence-corrected chi connectivity index (χ0v) is 14.4. The molecule has 1 N–H and O–H groups in total. The lowest BCUT2D eigenvalue weighted by molar-refractivity contribution is 0.0602. The molecule has 24 heavy (non-hydrogen) atoms. The molecule has 128 valence electrons. The SMILES string of the molecule is COC(=O)c1sccc1S(=O)(=O)Nc1ccc2c(c1)OCCCO2. The fourth-order valence-electron chi connectivity index (χ4n) is 2.19. The number of sulfonamides is 1. The van der Waals surface area contributed by atoms with Crippen LogP contribution in [0.4, 0.5) is 5.69 Å². The lowest BCUT2D eigenvalue weighted by Gasteiger charge is -2.11. The van der Waals surface area contributed by atoms with Crippen molar-refractivity contribution < 1.29 is 27.4 Å². The second-order valence-electron chi connectivity index (χ2n) is 4.92. The monoisotopic (exact) mass is 369 g/mol. The Morgan fingerprint density at radius 1 is 1.21 bits per heavy atom. The lowest BCUT2D eigenvalue weighted by atomic mass is 10.3. The zero-order chi connectivity index (χ0) is 17.2. The molecule has 1 aromatic heterocycles. The molecule has 0 spiro atoms. The van der Waals surface area contributed by atoms with Gasteiger partial charge in [0, 0.05) is 12.5 Å². The van der Waals surface area contributed by atoms with E-state index in [-0.39, 0.29) is 9.77 Å². The second kappa shape index (κ2) is 6.70. The zero-order valence-electron chi connectivity index (χ0n) is 12.8. The number of methoxy groups -OCH3 is 1. The number of carbonyl (C=O) groups is 1. The molecule has 1 aromatic carbocycles. The van der Waals surface area contributed by atoms with E-state index in [2.05, 4.69) is 9.46 Å². The van der Waals surface area contributed by atoms with Crippen LogP contribution in [0.25, 0.3) is 0 Å². The van der Waals surface area contributed by atoms with Gasteiger partial charge in [-0.2, -0.15) is 0 Å². The molecule has 0 atom stereocenters. The van der Waals surface area contributed by atoms with Crippen LogP contribution in [0.2, 0.25) is 0 Å². The summed E-state index contributed by atoms with van der Waals surface area (Å²) in [4.78, 5) is 11.6. The van der Waals surface area contributed by atoms with Crippen LogP contribution in [0.1, 0.15) is 16.1 Å². The number of esters is 1. The van der Waals surface area contributed by atoms with Gasteiger partial charge in [-0.3, -0.25) is 4.72 Å². The van der Waals surface area contributed by atoms with Gasteiger partial charge in [-0.1, -0.05) is 0 Å². The molecule has 0 unspecified atom stereocenters. The van der Waals surface area contributed by atoms with E-state index in [0.717, 1.165) is 17.8 Å². The highest BCUT2D eigenvalue weighted by Crippen LogP contribution is 2.33. The van der Waals surface area contributed by atoms with E-state index in [1.54, 1.807) is 18.2 Å². The van der Waals surface area contributed by atoms with Crippen molar-refractivity contribution in [3.63, 3.8) is 0 Å². The first-order chi connectivity index (χ1) is 11.5. The molecule has 0 aliphatic carbocycles. The van der Waals surface area contributed by atoms with Crippen molar-refractivity contribution in [2.45, 2.75) is 11.3 Å². The molecule has 0 amide bonds. The third kappa shape index (κ3) is 3.31. The van der Waals surface area contributed by atoms with Gasteiger partial charge in [0.25, 0.3) is 10.0 Å². The molecule has 0 saturated heterocycles. The fourth-order valence-corrected chi connectivity index (χ4v) is 4.57. The molecule has 9 heteroatoms. The number of rotatable bonds is 4. The number of anilines is 1. The average Bonchev–Trinajstić information content (AvgIpc) is 2.95. The van der Waals surface area contributed by atoms with E-state index in [0.29, 0.717) is 30.4 Å². The summed E-state index contributed by atoms with van der Waals surface area (Å²) in [5.41, 5.74) is 0.321. The second-order valence-corrected chi connectivity index (χ2v) is 7.49. The van der Waals surface area contributed by atoms with Crippen LogP contribution in [0.15, 0.2) is 34.5 Å². The number of ether oxygens (including phenoxy) is 3. The third-order valence-electron chi connectivity index (χ3n) is 3.29. The molecule has 0 radical (unpaired) electrons. The Morgan fingerprint density at radius 2 is 1.96 bits per heavy atom. The van der Waals surface area contributed by atoms with E-state index in [1.165, 1.54) is 18.6 Å². The van der Waals surface area contributed by atoms with Crippen LogP contribution in [-0.4, -0.2) is 34.7 Å². The molecular formula is C15H15NO6S2. The van der Waals surface area contributed by atoms with Gasteiger partial charge in [0.1, 0.15) is 9.77 Å². The fraction of sp³-hybridized carbons (Fsp3) is 0.267. The van der Waals surface area contributed by atoms with Gasteiger partial charge in [-0.05, 0) is 23.6 Å². The highest BCUT2D eigenvalue weighted by Gasteiger charge is 2.25. The van der Waals surface area contributed by atoms with Gasteiger partial charge in [0.05, 0.1) is 26.0 Å². The number of benzene rings is 1. The molecule has 2 heterocycles. The van der Waals surface area contributed by atoms with Gasteiger partial charge in [-0.25, -0.2) is 13.2 Å². The maximum atomic E-state index is 12.6. The van der Waals surface area contributed by atoms with Crippen molar-refractivity contribution in [2.24, 2.45) is 0 Å². The molecule has 7 nitrogen and oxygen atoms in total. The summed E-state index contributed by atoms with van der Waals surface area (Å²) >= 11 is 1.01. The van der Waals surface area contributed by atoms with Gasteiger partial charge in [0.15, 0.2) is 11.5 Å². The van der Waals surface area contributed by atoms with Crippen molar-refractivity contribution in [2.75, 3.05) is 25.0 Å². The summed E-state index contributed by atoms with van der Waals surface area (Å²) < 4.78 is 43.2. The van der Waals surface area contributed by atoms with Gasteiger partial charge >= 0.3 is 5.97 Å². The van der Waals surface area contributed by atoms with Crippen molar-refractivity contribution in [3.05, 3.63) is 34.5 Å². The van der Waals surface area contributed by atoms with E-state index in [4.69, 9.17) is 9.47 Å². The number of thiophene rings is 1. The van der Waals surface area contributed by atoms with Gasteiger partial charge in [0.2, 0.25) is 0 Å². The maximum absolute atomic E-state index is 12.6. The van der Waals surface area contributed by atoms with E-state index < -0.39 is 16.0 Å². The molecule has 0 fully saturated rings. The number of nitrogens with one attached hydrogen (secondary N) is 1. The molecule has 0 saturated carbocycles. The predicted molar refractivity (Wildman–Crippen MR) is 88.5 cm³/mol. The van der Waals surface area contributed by atoms with Crippen molar-refractivity contribution in [1.29, 1.82) is 0 Å². The highest BCUT2D eigenvalue weighted by atomic mass is 32.2. The first kappa shape index (κ1) is 16.6. The Labute approximate surface area is 143 Å². The van der Waals surface area contributed by atoms with Crippen LogP contribution >= 0.6 is 11.3 Å². The number of fused-ring (bicyclic) bond motifs is 1. The Bertz CT molecular complexity index is 859. The maximum Gasteiger partial charge on any atom is 0.349 e. The Morgan fingerprint density at radius 3 is 2.71 bits per heavy atom. The third-order valence-corrected chi connectivity index (χ3v) is 5.74. The Hall–Kier alpha value is -2.26. The molecular weight excluding hydrogens is 354 g/mol. The van der Waals surface area contributed by atoms with E-state index in [9.17, 15) is 13.2 Å². The predicted octanol–water partition coefficient (Wildman–Crippen LogP) is 2.50. The summed E-state index contributed by atoms with van der Waals surface area (Å²) in [6.07, 6.45) is 0.757. The topological polar surface area (TPSA) is 90.9 Å². The number of hydrogen-bond acceptors (Lipinski definition) is 7. The van der Waals surface area contributed by atoms with Crippen molar-refractivity contribution in [3.8, 4) is 11.5 Å².